The first-order valence-electron chi connectivity index (χ1n) is 8.10. The van der Waals surface area contributed by atoms with Crippen molar-refractivity contribution in [2.45, 2.75) is 19.8 Å². The number of carbonyl (C=O) groups is 1. The molecule has 0 saturated carbocycles. The molecule has 0 unspecified atom stereocenters. The van der Waals surface area contributed by atoms with E-state index in [1.807, 2.05) is 12.1 Å². The Morgan fingerprint density at radius 2 is 1.83 bits per heavy atom. The van der Waals surface area contributed by atoms with Crippen LogP contribution in [0.1, 0.15) is 24.5 Å². The van der Waals surface area contributed by atoms with Gasteiger partial charge in [-0.2, -0.15) is 0 Å². The molecule has 24 heavy (non-hydrogen) atoms. The number of halogens is 1. The van der Waals surface area contributed by atoms with Gasteiger partial charge in [-0.15, -0.1) is 0 Å². The van der Waals surface area contributed by atoms with Crippen molar-refractivity contribution in [1.82, 2.24) is 5.32 Å². The smallest absolute Gasteiger partial charge is 0.244 e. The fourth-order valence-corrected chi connectivity index (χ4v) is 2.19. The highest BCUT2D eigenvalue weighted by Crippen LogP contribution is 2.13. The van der Waals surface area contributed by atoms with E-state index in [0.717, 1.165) is 24.2 Å². The second-order valence-electron chi connectivity index (χ2n) is 5.42. The average molecular weight is 327 g/mol. The van der Waals surface area contributed by atoms with Crippen LogP contribution in [0.2, 0.25) is 0 Å². The minimum Gasteiger partial charge on any atom is -0.492 e. The van der Waals surface area contributed by atoms with Crippen LogP contribution >= 0.6 is 0 Å². The molecule has 3 nitrogen and oxygen atoms in total. The van der Waals surface area contributed by atoms with Crippen molar-refractivity contribution in [2.75, 3.05) is 13.2 Å². The van der Waals surface area contributed by atoms with E-state index in [2.05, 4.69) is 24.4 Å². The molecule has 4 heteroatoms. The highest BCUT2D eigenvalue weighted by molar-refractivity contribution is 5.91. The normalized spacial score (nSPS) is 10.8. The molecule has 0 saturated heterocycles. The Kier molecular flexibility index (Phi) is 7.02. The molecule has 2 aromatic rings. The summed E-state index contributed by atoms with van der Waals surface area (Å²) in [4.78, 5) is 11.7. The van der Waals surface area contributed by atoms with Crippen molar-refractivity contribution < 1.29 is 13.9 Å². The van der Waals surface area contributed by atoms with Gasteiger partial charge in [0, 0.05) is 6.08 Å². The maximum absolute atomic E-state index is 12.8. The van der Waals surface area contributed by atoms with E-state index in [9.17, 15) is 9.18 Å². The number of aryl methyl sites for hydroxylation is 1. The zero-order valence-corrected chi connectivity index (χ0v) is 13.8. The molecule has 1 amide bonds. The third-order valence-electron chi connectivity index (χ3n) is 3.43. The zero-order valence-electron chi connectivity index (χ0n) is 13.8. The molecule has 0 aliphatic heterocycles. The van der Waals surface area contributed by atoms with Gasteiger partial charge in [-0.05, 0) is 47.9 Å². The molecule has 0 atom stereocenters. The lowest BCUT2D eigenvalue weighted by molar-refractivity contribution is -0.116. The molecule has 0 spiro atoms. The molecule has 0 aromatic heterocycles. The Bertz CT molecular complexity index is 663. The third-order valence-corrected chi connectivity index (χ3v) is 3.43. The highest BCUT2D eigenvalue weighted by atomic mass is 19.1. The van der Waals surface area contributed by atoms with Crippen LogP contribution in [0, 0.1) is 5.82 Å². The Morgan fingerprint density at radius 3 is 2.50 bits per heavy atom. The summed E-state index contributed by atoms with van der Waals surface area (Å²) >= 11 is 0. The van der Waals surface area contributed by atoms with Gasteiger partial charge in [0.15, 0.2) is 0 Å². The van der Waals surface area contributed by atoms with Crippen molar-refractivity contribution in [3.8, 4) is 5.75 Å². The van der Waals surface area contributed by atoms with Gasteiger partial charge in [0.25, 0.3) is 0 Å². The molecule has 0 aliphatic rings. The Balaban J connectivity index is 1.67. The first kappa shape index (κ1) is 17.7. The molecule has 0 radical (unpaired) electrons. The van der Waals surface area contributed by atoms with Gasteiger partial charge in [0.2, 0.25) is 5.91 Å². The fourth-order valence-electron chi connectivity index (χ4n) is 2.19. The topological polar surface area (TPSA) is 38.3 Å². The van der Waals surface area contributed by atoms with E-state index in [-0.39, 0.29) is 11.7 Å². The van der Waals surface area contributed by atoms with Gasteiger partial charge in [-0.1, -0.05) is 37.6 Å². The van der Waals surface area contributed by atoms with Crippen LogP contribution < -0.4 is 10.1 Å². The number of amides is 1. The van der Waals surface area contributed by atoms with Gasteiger partial charge in [-0.25, -0.2) is 4.39 Å². The van der Waals surface area contributed by atoms with Gasteiger partial charge in [0.05, 0.1) is 6.54 Å². The van der Waals surface area contributed by atoms with Crippen LogP contribution in [-0.2, 0) is 11.2 Å². The van der Waals surface area contributed by atoms with E-state index in [0.29, 0.717) is 13.2 Å². The lowest BCUT2D eigenvalue weighted by atomic mass is 10.1. The Morgan fingerprint density at radius 1 is 1.12 bits per heavy atom. The molecule has 0 fully saturated rings. The molecule has 2 rings (SSSR count). The van der Waals surface area contributed by atoms with Crippen LogP contribution in [0.3, 0.4) is 0 Å². The van der Waals surface area contributed by atoms with Crippen molar-refractivity contribution >= 4 is 12.0 Å². The predicted molar refractivity (Wildman–Crippen MR) is 94.4 cm³/mol. The van der Waals surface area contributed by atoms with Crippen molar-refractivity contribution in [2.24, 2.45) is 0 Å². The standard InChI is InChI=1S/C20H22FNO2/c1-2-3-16-6-11-19(12-7-16)24-15-14-22-20(23)13-8-17-4-9-18(21)10-5-17/h4-13H,2-3,14-15H2,1H3,(H,22,23)/b13-8+. The summed E-state index contributed by atoms with van der Waals surface area (Å²) in [6, 6.07) is 14.0. The van der Waals surface area contributed by atoms with Crippen LogP contribution in [0.25, 0.3) is 6.08 Å². The molecule has 2 aromatic carbocycles. The van der Waals surface area contributed by atoms with Crippen molar-refractivity contribution in [3.63, 3.8) is 0 Å². The summed E-state index contributed by atoms with van der Waals surface area (Å²) in [5.41, 5.74) is 2.07. The minimum atomic E-state index is -0.295. The number of nitrogens with one attached hydrogen (secondary N) is 1. The number of rotatable bonds is 8. The van der Waals surface area contributed by atoms with E-state index < -0.39 is 0 Å². The van der Waals surface area contributed by atoms with E-state index in [4.69, 9.17) is 4.74 Å². The lowest BCUT2D eigenvalue weighted by Gasteiger charge is -2.07. The minimum absolute atomic E-state index is 0.207. The zero-order chi connectivity index (χ0) is 17.2. The van der Waals surface area contributed by atoms with Crippen molar-refractivity contribution in [1.29, 1.82) is 0 Å². The molecular weight excluding hydrogens is 305 g/mol. The number of benzene rings is 2. The maximum Gasteiger partial charge on any atom is 0.244 e. The van der Waals surface area contributed by atoms with Gasteiger partial charge >= 0.3 is 0 Å². The van der Waals surface area contributed by atoms with Gasteiger partial charge in [-0.3, -0.25) is 4.79 Å². The Hall–Kier alpha value is -2.62. The molecule has 126 valence electrons. The van der Waals surface area contributed by atoms with Crippen LogP contribution in [-0.4, -0.2) is 19.1 Å². The number of carbonyl (C=O) groups excluding carboxylic acids is 1. The molecule has 0 bridgehead atoms. The van der Waals surface area contributed by atoms with Crippen LogP contribution in [0.5, 0.6) is 5.75 Å². The molecule has 0 heterocycles. The lowest BCUT2D eigenvalue weighted by Crippen LogP contribution is -2.26. The largest absolute Gasteiger partial charge is 0.492 e. The quantitative estimate of drug-likeness (QED) is 0.588. The molecular formula is C20H22FNO2. The second kappa shape index (κ2) is 9.50. The maximum atomic E-state index is 12.8. The van der Waals surface area contributed by atoms with E-state index in [1.54, 1.807) is 18.2 Å². The second-order valence-corrected chi connectivity index (χ2v) is 5.42. The SMILES string of the molecule is CCCc1ccc(OCCNC(=O)/C=C/c2ccc(F)cc2)cc1. The van der Waals surface area contributed by atoms with Crippen LogP contribution in [0.4, 0.5) is 4.39 Å². The van der Waals surface area contributed by atoms with Gasteiger partial charge < -0.3 is 10.1 Å². The molecule has 1 N–H and O–H groups in total. The molecule has 0 aliphatic carbocycles. The van der Waals surface area contributed by atoms with Crippen LogP contribution in [0.15, 0.2) is 54.6 Å². The Labute approximate surface area is 142 Å². The summed E-state index contributed by atoms with van der Waals surface area (Å²) in [6.07, 6.45) is 5.25. The third kappa shape index (κ3) is 6.24. The summed E-state index contributed by atoms with van der Waals surface area (Å²) in [6.45, 7) is 2.98. The monoisotopic (exact) mass is 327 g/mol. The summed E-state index contributed by atoms with van der Waals surface area (Å²) in [5.74, 6) is 0.295. The first-order valence-corrected chi connectivity index (χ1v) is 8.10. The van der Waals surface area contributed by atoms with Gasteiger partial charge in [0.1, 0.15) is 18.2 Å². The first-order chi connectivity index (χ1) is 11.7. The van der Waals surface area contributed by atoms with E-state index in [1.165, 1.54) is 23.8 Å². The highest BCUT2D eigenvalue weighted by Gasteiger charge is 1.98. The predicted octanol–water partition coefficient (Wildman–Crippen LogP) is 3.99. The summed E-state index contributed by atoms with van der Waals surface area (Å²) in [7, 11) is 0. The van der Waals surface area contributed by atoms with E-state index >= 15 is 0 Å². The number of ether oxygens (including phenoxy) is 1. The number of hydrogen-bond acceptors (Lipinski definition) is 2. The number of hydrogen-bond donors (Lipinski definition) is 1. The fraction of sp³-hybridized carbons (Fsp3) is 0.250. The van der Waals surface area contributed by atoms with Crippen molar-refractivity contribution in [3.05, 3.63) is 71.6 Å². The summed E-state index contributed by atoms with van der Waals surface area (Å²) in [5, 5.41) is 2.74. The summed E-state index contributed by atoms with van der Waals surface area (Å²) < 4.78 is 18.4. The average Bonchev–Trinajstić information content (AvgIpc) is 2.60.